The van der Waals surface area contributed by atoms with E-state index in [0.29, 0.717) is 24.4 Å². The Labute approximate surface area is 181 Å². The second-order valence-electron chi connectivity index (χ2n) is 9.38. The van der Waals surface area contributed by atoms with E-state index in [1.54, 1.807) is 0 Å². The standard InChI is InChI=1S/C24H39NO5/c1-4-22(26)30-16-14-17(2)13-15-25(3)23(27)20-9-5-18(6-10-20)19-7-11-21(12-8-19)24(28)29/h4,17-21H,1,5-16H2,2-3H3,(H,28,29). The summed E-state index contributed by atoms with van der Waals surface area (Å²) in [5, 5.41) is 9.17. The molecule has 2 saturated carbocycles. The van der Waals surface area contributed by atoms with E-state index in [9.17, 15) is 14.4 Å². The number of amides is 1. The lowest BCUT2D eigenvalue weighted by Crippen LogP contribution is -2.37. The van der Waals surface area contributed by atoms with Gasteiger partial charge in [0, 0.05) is 25.6 Å². The van der Waals surface area contributed by atoms with Crippen LogP contribution in [0.5, 0.6) is 0 Å². The number of carbonyl (C=O) groups is 3. The summed E-state index contributed by atoms with van der Waals surface area (Å²) in [6, 6.07) is 0. The number of ether oxygens (including phenoxy) is 1. The van der Waals surface area contributed by atoms with Gasteiger partial charge in [-0.2, -0.15) is 0 Å². The van der Waals surface area contributed by atoms with Crippen LogP contribution in [0.3, 0.4) is 0 Å². The molecule has 0 saturated heterocycles. The van der Waals surface area contributed by atoms with Gasteiger partial charge in [-0.3, -0.25) is 9.59 Å². The van der Waals surface area contributed by atoms with Crippen molar-refractivity contribution in [3.05, 3.63) is 12.7 Å². The number of nitrogens with zero attached hydrogens (tertiary/aromatic N) is 1. The van der Waals surface area contributed by atoms with Crippen LogP contribution in [0.1, 0.15) is 71.1 Å². The van der Waals surface area contributed by atoms with Gasteiger partial charge in [0.2, 0.25) is 5.91 Å². The van der Waals surface area contributed by atoms with E-state index in [1.165, 1.54) is 6.08 Å². The van der Waals surface area contributed by atoms with Gasteiger partial charge in [0.05, 0.1) is 12.5 Å². The van der Waals surface area contributed by atoms with Crippen molar-refractivity contribution in [3.8, 4) is 0 Å². The van der Waals surface area contributed by atoms with Crippen molar-refractivity contribution in [2.24, 2.45) is 29.6 Å². The number of carboxylic acids is 1. The van der Waals surface area contributed by atoms with Crippen molar-refractivity contribution in [2.45, 2.75) is 71.1 Å². The van der Waals surface area contributed by atoms with Crippen LogP contribution in [-0.2, 0) is 19.1 Å². The van der Waals surface area contributed by atoms with E-state index in [4.69, 9.17) is 9.84 Å². The summed E-state index contributed by atoms with van der Waals surface area (Å²) in [5.41, 5.74) is 0. The van der Waals surface area contributed by atoms with Gasteiger partial charge in [0.15, 0.2) is 0 Å². The van der Waals surface area contributed by atoms with Crippen LogP contribution >= 0.6 is 0 Å². The van der Waals surface area contributed by atoms with Crippen molar-refractivity contribution in [2.75, 3.05) is 20.2 Å². The number of aliphatic carboxylic acids is 1. The Kier molecular flexibility index (Phi) is 9.86. The molecule has 0 aromatic rings. The third-order valence-electron chi connectivity index (χ3n) is 7.26. The Morgan fingerprint density at radius 3 is 2.03 bits per heavy atom. The molecule has 6 nitrogen and oxygen atoms in total. The number of carboxylic acid groups (broad SMARTS) is 1. The van der Waals surface area contributed by atoms with Gasteiger partial charge >= 0.3 is 11.9 Å². The third-order valence-corrected chi connectivity index (χ3v) is 7.26. The minimum atomic E-state index is -0.641. The maximum atomic E-state index is 12.8. The predicted molar refractivity (Wildman–Crippen MR) is 116 cm³/mol. The summed E-state index contributed by atoms with van der Waals surface area (Å²) in [6.07, 6.45) is 10.6. The molecule has 0 aromatic carbocycles. The van der Waals surface area contributed by atoms with E-state index in [-0.39, 0.29) is 23.7 Å². The molecule has 0 heterocycles. The first-order valence-electron chi connectivity index (χ1n) is 11.6. The molecule has 1 atom stereocenters. The highest BCUT2D eigenvalue weighted by Gasteiger charge is 2.35. The molecule has 0 radical (unpaired) electrons. The number of rotatable bonds is 10. The molecule has 1 N–H and O–H groups in total. The van der Waals surface area contributed by atoms with Crippen LogP contribution in [0.4, 0.5) is 0 Å². The molecule has 2 fully saturated rings. The molecule has 2 aliphatic carbocycles. The van der Waals surface area contributed by atoms with Crippen molar-refractivity contribution in [1.82, 2.24) is 4.90 Å². The van der Waals surface area contributed by atoms with E-state index in [1.807, 2.05) is 11.9 Å². The molecule has 1 amide bonds. The average Bonchev–Trinajstić information content (AvgIpc) is 2.77. The van der Waals surface area contributed by atoms with Gasteiger partial charge < -0.3 is 14.7 Å². The number of carbonyl (C=O) groups excluding carboxylic acids is 2. The molecule has 2 rings (SSSR count). The molecule has 1 unspecified atom stereocenters. The zero-order valence-corrected chi connectivity index (χ0v) is 18.7. The largest absolute Gasteiger partial charge is 0.481 e. The molecule has 2 aliphatic rings. The van der Waals surface area contributed by atoms with Gasteiger partial charge in [0.25, 0.3) is 0 Å². The van der Waals surface area contributed by atoms with Crippen LogP contribution in [0.25, 0.3) is 0 Å². The van der Waals surface area contributed by atoms with Crippen LogP contribution in [-0.4, -0.2) is 48.1 Å². The highest BCUT2D eigenvalue weighted by atomic mass is 16.5. The third kappa shape index (κ3) is 7.44. The summed E-state index contributed by atoms with van der Waals surface area (Å²) in [5.74, 6) is 0.897. The van der Waals surface area contributed by atoms with Crippen LogP contribution in [0, 0.1) is 29.6 Å². The lowest BCUT2D eigenvalue weighted by Gasteiger charge is -2.37. The maximum absolute atomic E-state index is 12.8. The predicted octanol–water partition coefficient (Wildman–Crippen LogP) is 4.29. The Bertz CT molecular complexity index is 588. The summed E-state index contributed by atoms with van der Waals surface area (Å²) in [4.78, 5) is 36.9. The fourth-order valence-electron chi connectivity index (χ4n) is 5.07. The molecule has 30 heavy (non-hydrogen) atoms. The molecular weight excluding hydrogens is 382 g/mol. The SMILES string of the molecule is C=CC(=O)OCCC(C)CCN(C)C(=O)C1CCC(C2CCC(C(=O)O)CC2)CC1. The van der Waals surface area contributed by atoms with Gasteiger partial charge in [-0.15, -0.1) is 0 Å². The van der Waals surface area contributed by atoms with E-state index < -0.39 is 5.97 Å². The summed E-state index contributed by atoms with van der Waals surface area (Å²) in [7, 11) is 1.89. The van der Waals surface area contributed by atoms with Gasteiger partial charge in [-0.1, -0.05) is 13.5 Å². The quantitative estimate of drug-likeness (QED) is 0.420. The number of hydrogen-bond acceptors (Lipinski definition) is 4. The molecule has 6 heteroatoms. The van der Waals surface area contributed by atoms with Crippen molar-refractivity contribution < 1.29 is 24.2 Å². The summed E-state index contributed by atoms with van der Waals surface area (Å²) >= 11 is 0. The number of hydrogen-bond donors (Lipinski definition) is 1. The average molecular weight is 422 g/mol. The Morgan fingerprint density at radius 2 is 1.53 bits per heavy atom. The van der Waals surface area contributed by atoms with E-state index in [0.717, 1.165) is 70.8 Å². The second kappa shape index (κ2) is 12.1. The molecule has 170 valence electrons. The van der Waals surface area contributed by atoms with Crippen molar-refractivity contribution in [1.29, 1.82) is 0 Å². The summed E-state index contributed by atoms with van der Waals surface area (Å²) < 4.78 is 5.02. The van der Waals surface area contributed by atoms with E-state index in [2.05, 4.69) is 13.5 Å². The minimum absolute atomic E-state index is 0.130. The highest BCUT2D eigenvalue weighted by molar-refractivity contribution is 5.81. The monoisotopic (exact) mass is 421 g/mol. The van der Waals surface area contributed by atoms with Crippen molar-refractivity contribution >= 4 is 17.8 Å². The van der Waals surface area contributed by atoms with Gasteiger partial charge in [-0.05, 0) is 82.0 Å². The van der Waals surface area contributed by atoms with Gasteiger partial charge in [0.1, 0.15) is 0 Å². The molecule has 0 aromatic heterocycles. The molecule has 0 aliphatic heterocycles. The first-order valence-corrected chi connectivity index (χ1v) is 11.6. The first kappa shape index (κ1) is 24.4. The smallest absolute Gasteiger partial charge is 0.330 e. The Hall–Kier alpha value is -1.85. The highest BCUT2D eigenvalue weighted by Crippen LogP contribution is 2.41. The summed E-state index contributed by atoms with van der Waals surface area (Å²) in [6.45, 7) is 6.62. The first-order chi connectivity index (χ1) is 14.3. The fraction of sp³-hybridized carbons (Fsp3) is 0.792. The maximum Gasteiger partial charge on any atom is 0.330 e. The molecule has 0 bridgehead atoms. The zero-order valence-electron chi connectivity index (χ0n) is 18.7. The van der Waals surface area contributed by atoms with Crippen LogP contribution in [0.2, 0.25) is 0 Å². The lowest BCUT2D eigenvalue weighted by molar-refractivity contribution is -0.143. The topological polar surface area (TPSA) is 83.9 Å². The zero-order chi connectivity index (χ0) is 22.1. The molecular formula is C24H39NO5. The Morgan fingerprint density at radius 1 is 1.00 bits per heavy atom. The number of esters is 1. The van der Waals surface area contributed by atoms with Crippen molar-refractivity contribution in [3.63, 3.8) is 0 Å². The van der Waals surface area contributed by atoms with E-state index >= 15 is 0 Å². The Balaban J connectivity index is 1.65. The van der Waals surface area contributed by atoms with Gasteiger partial charge in [-0.25, -0.2) is 4.79 Å². The normalized spacial score (nSPS) is 27.7. The van der Waals surface area contributed by atoms with Crippen LogP contribution in [0.15, 0.2) is 12.7 Å². The lowest BCUT2D eigenvalue weighted by atomic mass is 9.69. The minimum Gasteiger partial charge on any atom is -0.481 e. The van der Waals surface area contributed by atoms with Crippen LogP contribution < -0.4 is 0 Å². The second-order valence-corrected chi connectivity index (χ2v) is 9.38. The molecule has 0 spiro atoms. The fourth-order valence-corrected chi connectivity index (χ4v) is 5.07.